The molecule has 6 nitrogen and oxygen atoms in total. The van der Waals surface area contributed by atoms with Crippen LogP contribution < -0.4 is 10.2 Å². The Morgan fingerprint density at radius 1 is 1.21 bits per heavy atom. The smallest absolute Gasteiger partial charge is 0.308 e. The first-order valence-corrected chi connectivity index (χ1v) is 10.4. The molecule has 0 fully saturated rings. The van der Waals surface area contributed by atoms with Crippen LogP contribution in [0.4, 0.5) is 11.4 Å². The number of rotatable bonds is 6. The molecule has 0 aliphatic carbocycles. The summed E-state index contributed by atoms with van der Waals surface area (Å²) in [6.07, 6.45) is -0.909. The molecular formula is C22H24N2O4S. The Morgan fingerprint density at radius 3 is 2.76 bits per heavy atom. The minimum absolute atomic E-state index is 0.0197. The zero-order valence-electron chi connectivity index (χ0n) is 16.7. The normalized spacial score (nSPS) is 14.2. The van der Waals surface area contributed by atoms with Crippen LogP contribution in [-0.2, 0) is 19.1 Å². The van der Waals surface area contributed by atoms with E-state index in [-0.39, 0.29) is 24.8 Å². The first-order chi connectivity index (χ1) is 13.8. The Kier molecular flexibility index (Phi) is 6.59. The number of ether oxygens (including phenoxy) is 1. The van der Waals surface area contributed by atoms with Gasteiger partial charge in [-0.25, -0.2) is 0 Å². The fourth-order valence-corrected chi connectivity index (χ4v) is 3.95. The third-order valence-electron chi connectivity index (χ3n) is 4.68. The summed E-state index contributed by atoms with van der Waals surface area (Å²) in [5, 5.41) is 2.80. The second kappa shape index (κ2) is 9.13. The van der Waals surface area contributed by atoms with E-state index >= 15 is 0 Å². The predicted octanol–water partition coefficient (Wildman–Crippen LogP) is 3.70. The Labute approximate surface area is 174 Å². The molecule has 152 valence electrons. The lowest BCUT2D eigenvalue weighted by molar-refractivity contribution is -0.152. The van der Waals surface area contributed by atoms with Gasteiger partial charge in [0.25, 0.3) is 5.91 Å². The fraction of sp³-hybridized carbons (Fsp3) is 0.318. The van der Waals surface area contributed by atoms with E-state index in [4.69, 9.17) is 4.74 Å². The van der Waals surface area contributed by atoms with Crippen LogP contribution in [0.15, 0.2) is 47.4 Å². The van der Waals surface area contributed by atoms with Crippen molar-refractivity contribution in [3.05, 3.63) is 53.6 Å². The Hall–Kier alpha value is -2.80. The highest BCUT2D eigenvalue weighted by Crippen LogP contribution is 2.34. The van der Waals surface area contributed by atoms with Gasteiger partial charge in [0.1, 0.15) is 0 Å². The highest BCUT2D eigenvalue weighted by Gasteiger charge is 2.26. The Bertz CT molecular complexity index is 944. The van der Waals surface area contributed by atoms with Crippen LogP contribution in [0, 0.1) is 13.8 Å². The molecule has 0 saturated carbocycles. The summed E-state index contributed by atoms with van der Waals surface area (Å²) in [5.74, 6) is -0.594. The zero-order valence-corrected chi connectivity index (χ0v) is 17.5. The van der Waals surface area contributed by atoms with Crippen LogP contribution in [-0.4, -0.2) is 36.2 Å². The van der Waals surface area contributed by atoms with E-state index in [2.05, 4.69) is 5.32 Å². The van der Waals surface area contributed by atoms with Crippen molar-refractivity contribution in [1.82, 2.24) is 0 Å². The lowest BCUT2D eigenvalue weighted by Gasteiger charge is -2.28. The molecule has 0 bridgehead atoms. The van der Waals surface area contributed by atoms with E-state index < -0.39 is 12.1 Å². The maximum atomic E-state index is 12.4. The number of thioether (sulfide) groups is 1. The number of fused-ring (bicyclic) bond motifs is 1. The molecule has 7 heteroatoms. The highest BCUT2D eigenvalue weighted by molar-refractivity contribution is 8.00. The van der Waals surface area contributed by atoms with Gasteiger partial charge < -0.3 is 15.0 Å². The number of nitrogens with one attached hydrogen (secondary N) is 1. The van der Waals surface area contributed by atoms with Crippen LogP contribution in [0.2, 0.25) is 0 Å². The number of esters is 1. The number of hydrogen-bond acceptors (Lipinski definition) is 5. The topological polar surface area (TPSA) is 75.7 Å². The van der Waals surface area contributed by atoms with Gasteiger partial charge in [-0.3, -0.25) is 14.4 Å². The largest absolute Gasteiger partial charge is 0.452 e. The molecule has 0 unspecified atom stereocenters. The zero-order chi connectivity index (χ0) is 21.0. The number of aryl methyl sites for hydroxylation is 2. The van der Waals surface area contributed by atoms with Crippen LogP contribution in [0.3, 0.4) is 0 Å². The lowest BCUT2D eigenvalue weighted by Crippen LogP contribution is -2.38. The quantitative estimate of drug-likeness (QED) is 0.732. The number of nitrogens with zero attached hydrogens (tertiary/aromatic N) is 1. The molecule has 1 aliphatic heterocycles. The highest BCUT2D eigenvalue weighted by atomic mass is 32.2. The minimum atomic E-state index is -0.928. The molecule has 2 aromatic rings. The Balaban J connectivity index is 1.54. The molecule has 2 aromatic carbocycles. The summed E-state index contributed by atoms with van der Waals surface area (Å²) in [7, 11) is 0. The summed E-state index contributed by atoms with van der Waals surface area (Å²) in [6, 6.07) is 13.4. The van der Waals surface area contributed by atoms with Crippen molar-refractivity contribution in [2.75, 3.05) is 22.5 Å². The summed E-state index contributed by atoms with van der Waals surface area (Å²) >= 11 is 1.49. The lowest BCUT2D eigenvalue weighted by atomic mass is 10.1. The molecule has 0 spiro atoms. The van der Waals surface area contributed by atoms with Crippen LogP contribution >= 0.6 is 11.8 Å². The molecular weight excluding hydrogens is 388 g/mol. The van der Waals surface area contributed by atoms with Crippen LogP contribution in [0.25, 0.3) is 0 Å². The molecule has 1 heterocycles. The van der Waals surface area contributed by atoms with Crippen molar-refractivity contribution in [3.63, 3.8) is 0 Å². The average Bonchev–Trinajstić information content (AvgIpc) is 2.69. The van der Waals surface area contributed by atoms with E-state index in [0.717, 1.165) is 21.7 Å². The van der Waals surface area contributed by atoms with Gasteiger partial charge in [0, 0.05) is 17.1 Å². The molecule has 0 saturated heterocycles. The molecule has 0 radical (unpaired) electrons. The summed E-state index contributed by atoms with van der Waals surface area (Å²) in [6.45, 7) is 5.60. The molecule has 1 aliphatic rings. The van der Waals surface area contributed by atoms with Gasteiger partial charge in [0.2, 0.25) is 5.91 Å². The molecule has 3 rings (SSSR count). The molecule has 1 N–H and O–H groups in total. The third kappa shape index (κ3) is 5.17. The summed E-state index contributed by atoms with van der Waals surface area (Å²) in [4.78, 5) is 39.5. The fourth-order valence-electron chi connectivity index (χ4n) is 3.02. The maximum Gasteiger partial charge on any atom is 0.308 e. The second-order valence-electron chi connectivity index (χ2n) is 6.99. The van der Waals surface area contributed by atoms with Gasteiger partial charge in [-0.2, -0.15) is 0 Å². The molecule has 29 heavy (non-hydrogen) atoms. The number of hydrogen-bond donors (Lipinski definition) is 1. The molecule has 2 amide bonds. The van der Waals surface area contributed by atoms with Crippen molar-refractivity contribution in [2.45, 2.75) is 38.2 Å². The summed E-state index contributed by atoms with van der Waals surface area (Å²) in [5.41, 5.74) is 3.47. The van der Waals surface area contributed by atoms with E-state index in [1.165, 1.54) is 18.7 Å². The third-order valence-corrected chi connectivity index (χ3v) is 5.72. The first-order valence-electron chi connectivity index (χ1n) is 9.45. The van der Waals surface area contributed by atoms with Crippen molar-refractivity contribution in [1.29, 1.82) is 0 Å². The maximum absolute atomic E-state index is 12.4. The van der Waals surface area contributed by atoms with Crippen molar-refractivity contribution >= 4 is 40.9 Å². The van der Waals surface area contributed by atoms with Crippen molar-refractivity contribution in [2.24, 2.45) is 0 Å². The van der Waals surface area contributed by atoms with Crippen LogP contribution in [0.5, 0.6) is 0 Å². The van der Waals surface area contributed by atoms with Crippen molar-refractivity contribution < 1.29 is 19.1 Å². The van der Waals surface area contributed by atoms with E-state index in [1.54, 1.807) is 4.90 Å². The minimum Gasteiger partial charge on any atom is -0.452 e. The monoisotopic (exact) mass is 412 g/mol. The Morgan fingerprint density at radius 2 is 1.97 bits per heavy atom. The second-order valence-corrected chi connectivity index (χ2v) is 8.01. The van der Waals surface area contributed by atoms with Gasteiger partial charge in [-0.15, -0.1) is 11.8 Å². The predicted molar refractivity (Wildman–Crippen MR) is 114 cm³/mol. The van der Waals surface area contributed by atoms with Gasteiger partial charge in [0.15, 0.2) is 6.10 Å². The van der Waals surface area contributed by atoms with Gasteiger partial charge in [-0.1, -0.05) is 24.3 Å². The number of carbonyl (C=O) groups excluding carboxylic acids is 3. The average molecular weight is 413 g/mol. The molecule has 0 aromatic heterocycles. The number of para-hydroxylation sites is 1. The van der Waals surface area contributed by atoms with Crippen molar-refractivity contribution in [3.8, 4) is 0 Å². The number of anilines is 2. The van der Waals surface area contributed by atoms with Gasteiger partial charge >= 0.3 is 5.97 Å². The summed E-state index contributed by atoms with van der Waals surface area (Å²) < 4.78 is 5.27. The van der Waals surface area contributed by atoms with E-state index in [1.807, 2.05) is 56.3 Å². The van der Waals surface area contributed by atoms with Gasteiger partial charge in [0.05, 0.1) is 17.9 Å². The first kappa shape index (κ1) is 20.9. The standard InChI is InChI=1S/C22H24N2O4S/c1-14-8-9-15(2)17(12-14)23-22(27)16(3)28-21(26)10-11-24-18-6-4-5-7-19(18)29-13-20(24)25/h4-9,12,16H,10-11,13H2,1-3H3,(H,23,27)/t16-/m1/s1. The molecule has 1 atom stereocenters. The van der Waals surface area contributed by atoms with E-state index in [0.29, 0.717) is 11.4 Å². The van der Waals surface area contributed by atoms with Crippen LogP contribution in [0.1, 0.15) is 24.5 Å². The number of benzene rings is 2. The van der Waals surface area contributed by atoms with E-state index in [9.17, 15) is 14.4 Å². The number of carbonyl (C=O) groups is 3. The van der Waals surface area contributed by atoms with Gasteiger partial charge in [-0.05, 0) is 50.1 Å². The number of amides is 2. The SMILES string of the molecule is Cc1ccc(C)c(NC(=O)[C@@H](C)OC(=O)CCN2C(=O)CSc3ccccc32)c1.